The van der Waals surface area contributed by atoms with Crippen molar-refractivity contribution in [3.63, 3.8) is 0 Å². The molecule has 0 saturated heterocycles. The molecule has 22 nitrogen and oxygen atoms in total. The summed E-state index contributed by atoms with van der Waals surface area (Å²) in [5, 5.41) is 27.2. The number of nitrogens with zero attached hydrogens (tertiary/aromatic N) is 4. The minimum Gasteiger partial charge on any atom is -0.445 e. The van der Waals surface area contributed by atoms with Crippen LogP contribution in [-0.2, 0) is 82.2 Å². The number of thiophene rings is 1. The molecule has 7 rings (SSSR count). The summed E-state index contributed by atoms with van der Waals surface area (Å²) in [7, 11) is 0. The second-order valence-corrected chi connectivity index (χ2v) is 20.6. The molecule has 1 aliphatic heterocycles. The Morgan fingerprint density at radius 3 is 2.18 bits per heavy atom. The van der Waals surface area contributed by atoms with Gasteiger partial charge in [0.25, 0.3) is 11.8 Å². The number of carbonyl (C=O) groups excluding carboxylic acids is 8. The molecule has 0 unspecified atom stereocenters. The summed E-state index contributed by atoms with van der Waals surface area (Å²) in [5.41, 5.74) is 10.3. The van der Waals surface area contributed by atoms with Gasteiger partial charge in [-0.2, -0.15) is 0 Å². The monoisotopic (exact) mass is 1100 g/mol. The molecule has 79 heavy (non-hydrogen) atoms. The minimum atomic E-state index is -1.10. The smallest absolute Gasteiger partial charge is 0.407 e. The van der Waals surface area contributed by atoms with Crippen molar-refractivity contribution in [2.45, 2.75) is 97.2 Å². The SMILES string of the molecule is CCOCc1nc2c(N)nc3cc(Cc4ccc(CNC(=O)OCc5ccc(NC(=O)CNC(=O)[C@H](Cc6ccccc6)NC(=O)CNC(=O)CNC(=O)CCCCCN6C(=O)C=CC6=O)cc5)s4)ccc3c2n1CC(C)(C)O. The Labute approximate surface area is 459 Å². The van der Waals surface area contributed by atoms with Gasteiger partial charge in [0.2, 0.25) is 29.5 Å². The molecule has 8 amide bonds. The van der Waals surface area contributed by atoms with Crippen LogP contribution in [0.1, 0.15) is 78.7 Å². The van der Waals surface area contributed by atoms with E-state index < -0.39 is 54.5 Å². The lowest BCUT2D eigenvalue weighted by molar-refractivity contribution is -0.137. The molecule has 6 aromatic rings. The minimum absolute atomic E-state index is 0.0319. The number of nitrogen functional groups attached to an aromatic ring is 1. The number of nitrogens with one attached hydrogen (secondary N) is 6. The number of imide groups is 1. The number of rotatable bonds is 28. The highest BCUT2D eigenvalue weighted by molar-refractivity contribution is 7.12. The number of nitrogens with two attached hydrogens (primary N) is 1. The van der Waals surface area contributed by atoms with E-state index in [0.29, 0.717) is 72.8 Å². The largest absolute Gasteiger partial charge is 0.445 e. The van der Waals surface area contributed by atoms with Gasteiger partial charge in [-0.05, 0) is 80.6 Å². The molecule has 0 fully saturated rings. The average molecular weight is 1100 g/mol. The lowest BCUT2D eigenvalue weighted by atomic mass is 10.1. The molecular weight excluding hydrogens is 1030 g/mol. The number of unbranched alkanes of at least 4 members (excludes halogenated alkanes) is 2. The standard InChI is InChI=1S/C56H65N11O11S/c1-4-77-33-44-65-51-52(67(44)34-56(2,3)76)41-21-16-37(27-42(41)64-53(51)57)25-39-19-20-40(79-39)28-61-55(75)78-32-36-14-17-38(18-15-36)62-47(70)31-60-54(74)43(26-35-11-7-5-8-12-35)63-48(71)30-59-46(69)29-58-45(68)13-9-6-10-24-66-49(72)22-23-50(66)73/h5,7-8,11-12,14-23,27,43,76H,4,6,9-10,13,24-26,28-34H2,1-3H3,(H2,57,64)(H,58,68)(H,59,69)(H,60,74)(H,61,75)(H,62,70)(H,63,71)/t43-/m0/s1. The number of hydrogen-bond donors (Lipinski definition) is 8. The third-order valence-electron chi connectivity index (χ3n) is 12.4. The van der Waals surface area contributed by atoms with Crippen LogP contribution in [0.2, 0.25) is 0 Å². The number of amides is 8. The predicted octanol–water partition coefficient (Wildman–Crippen LogP) is 4.05. The molecule has 0 aliphatic carbocycles. The predicted molar refractivity (Wildman–Crippen MR) is 296 cm³/mol. The molecular formula is C56H65N11O11S. The zero-order valence-corrected chi connectivity index (χ0v) is 45.0. The summed E-state index contributed by atoms with van der Waals surface area (Å²) >= 11 is 1.56. The number of aromatic nitrogens is 3. The fourth-order valence-electron chi connectivity index (χ4n) is 8.52. The summed E-state index contributed by atoms with van der Waals surface area (Å²) in [4.78, 5) is 112. The van der Waals surface area contributed by atoms with Gasteiger partial charge >= 0.3 is 6.09 Å². The maximum atomic E-state index is 13.3. The number of carbonyl (C=O) groups is 8. The Morgan fingerprint density at radius 1 is 0.747 bits per heavy atom. The Kier molecular flexibility index (Phi) is 20.4. The fourth-order valence-corrected chi connectivity index (χ4v) is 9.52. The van der Waals surface area contributed by atoms with E-state index >= 15 is 0 Å². The first-order valence-electron chi connectivity index (χ1n) is 25.8. The molecule has 23 heteroatoms. The third-order valence-corrected chi connectivity index (χ3v) is 13.5. The second-order valence-electron chi connectivity index (χ2n) is 19.4. The van der Waals surface area contributed by atoms with E-state index in [4.69, 9.17) is 20.2 Å². The first kappa shape index (κ1) is 58.1. The van der Waals surface area contributed by atoms with Crippen molar-refractivity contribution in [2.24, 2.45) is 0 Å². The zero-order chi connectivity index (χ0) is 56.5. The maximum absolute atomic E-state index is 13.3. The molecule has 0 saturated carbocycles. The molecule has 0 spiro atoms. The lowest BCUT2D eigenvalue weighted by Crippen LogP contribution is -2.52. The van der Waals surface area contributed by atoms with Crippen molar-refractivity contribution < 1.29 is 52.9 Å². The van der Waals surface area contributed by atoms with E-state index in [1.807, 2.05) is 41.8 Å². The number of benzene rings is 3. The summed E-state index contributed by atoms with van der Waals surface area (Å²) in [6.45, 7) is 5.69. The molecule has 3 aromatic heterocycles. The van der Waals surface area contributed by atoms with Gasteiger partial charge in [0.1, 0.15) is 30.6 Å². The van der Waals surface area contributed by atoms with Crippen LogP contribution in [0.15, 0.2) is 97.1 Å². The summed E-state index contributed by atoms with van der Waals surface area (Å²) in [6, 6.07) is 24.4. The number of hydrogen-bond acceptors (Lipinski definition) is 15. The number of aliphatic hydroxyl groups is 1. The van der Waals surface area contributed by atoms with Crippen LogP contribution in [0.25, 0.3) is 21.9 Å². The van der Waals surface area contributed by atoms with Crippen molar-refractivity contribution in [1.82, 2.24) is 46.0 Å². The van der Waals surface area contributed by atoms with E-state index in [2.05, 4.69) is 36.9 Å². The van der Waals surface area contributed by atoms with Crippen LogP contribution in [0, 0.1) is 0 Å². The maximum Gasteiger partial charge on any atom is 0.407 e. The molecule has 0 bridgehead atoms. The first-order valence-corrected chi connectivity index (χ1v) is 26.6. The van der Waals surface area contributed by atoms with Crippen molar-refractivity contribution in [1.29, 1.82) is 0 Å². The Hall–Kier alpha value is -8.54. The topological polar surface area (TPSA) is 307 Å². The highest BCUT2D eigenvalue weighted by Gasteiger charge is 2.25. The van der Waals surface area contributed by atoms with Gasteiger partial charge < -0.3 is 56.8 Å². The van der Waals surface area contributed by atoms with Crippen LogP contribution < -0.4 is 37.6 Å². The van der Waals surface area contributed by atoms with Crippen LogP contribution in [-0.4, -0.2) is 116 Å². The molecule has 9 N–H and O–H groups in total. The normalized spacial score (nSPS) is 12.6. The Balaban J connectivity index is 0.804. The van der Waals surface area contributed by atoms with Crippen LogP contribution in [0.4, 0.5) is 16.3 Å². The first-order chi connectivity index (χ1) is 37.9. The van der Waals surface area contributed by atoms with Gasteiger partial charge in [0.15, 0.2) is 5.82 Å². The number of alkyl carbamates (subject to hydrolysis) is 1. The van der Waals surface area contributed by atoms with E-state index in [1.165, 1.54) is 12.2 Å². The van der Waals surface area contributed by atoms with Crippen molar-refractivity contribution in [3.8, 4) is 0 Å². The van der Waals surface area contributed by atoms with Crippen LogP contribution >= 0.6 is 11.3 Å². The number of pyridine rings is 1. The highest BCUT2D eigenvalue weighted by Crippen LogP contribution is 2.32. The van der Waals surface area contributed by atoms with Gasteiger partial charge in [0.05, 0.1) is 49.4 Å². The third kappa shape index (κ3) is 17.5. The van der Waals surface area contributed by atoms with Gasteiger partial charge in [0, 0.05) is 65.4 Å². The number of ether oxygens (including phenoxy) is 2. The number of fused-ring (bicyclic) bond motifs is 3. The van der Waals surface area contributed by atoms with Gasteiger partial charge in [-0.1, -0.05) is 61.0 Å². The van der Waals surface area contributed by atoms with E-state index in [-0.39, 0.29) is 63.4 Å². The van der Waals surface area contributed by atoms with E-state index in [9.17, 15) is 43.5 Å². The quantitative estimate of drug-likeness (QED) is 0.0254. The summed E-state index contributed by atoms with van der Waals surface area (Å²) < 4.78 is 13.1. The Bertz CT molecular complexity index is 3190. The Morgan fingerprint density at radius 2 is 1.44 bits per heavy atom. The van der Waals surface area contributed by atoms with Gasteiger partial charge in [-0.15, -0.1) is 11.3 Å². The molecule has 416 valence electrons. The van der Waals surface area contributed by atoms with Crippen molar-refractivity contribution in [2.75, 3.05) is 43.8 Å². The van der Waals surface area contributed by atoms with Crippen LogP contribution in [0.5, 0.6) is 0 Å². The number of imidazole rings is 1. The average Bonchev–Trinajstić information content (AvgIpc) is 4.33. The van der Waals surface area contributed by atoms with E-state index in [1.54, 1.807) is 79.8 Å². The molecule has 1 aliphatic rings. The molecule has 1 atom stereocenters. The summed E-state index contributed by atoms with van der Waals surface area (Å²) in [6.07, 6.45) is 4.27. The highest BCUT2D eigenvalue weighted by atomic mass is 32.1. The summed E-state index contributed by atoms with van der Waals surface area (Å²) in [5.74, 6) is -2.62. The molecule has 3 aromatic carbocycles. The van der Waals surface area contributed by atoms with Crippen LogP contribution in [0.3, 0.4) is 0 Å². The fraction of sp³-hybridized carbons (Fsp3) is 0.357. The van der Waals surface area contributed by atoms with Gasteiger partial charge in [-0.3, -0.25) is 38.5 Å². The zero-order valence-electron chi connectivity index (χ0n) is 44.2. The van der Waals surface area contributed by atoms with Gasteiger partial charge in [-0.25, -0.2) is 14.8 Å². The van der Waals surface area contributed by atoms with Crippen molar-refractivity contribution in [3.05, 3.63) is 129 Å². The molecule has 4 heterocycles. The van der Waals surface area contributed by atoms with E-state index in [0.717, 1.165) is 36.7 Å². The second kappa shape index (κ2) is 27.7. The lowest BCUT2D eigenvalue weighted by Gasteiger charge is -2.20. The molecule has 0 radical (unpaired) electrons. The van der Waals surface area contributed by atoms with Crippen molar-refractivity contribution >= 4 is 92.2 Å². The number of anilines is 2.